The summed E-state index contributed by atoms with van der Waals surface area (Å²) in [5.74, 6) is -0.503. The Labute approximate surface area is 201 Å². The number of aliphatic hydroxyl groups is 1. The molecule has 180 valence electrons. The molecule has 4 rings (SSSR count). The smallest absolute Gasteiger partial charge is 0.333 e. The number of carbonyl (C=O) groups is 1. The summed E-state index contributed by atoms with van der Waals surface area (Å²) in [7, 11) is -4.09. The summed E-state index contributed by atoms with van der Waals surface area (Å²) < 4.78 is 28.3. The second-order valence-electron chi connectivity index (χ2n) is 8.02. The molecule has 0 spiro atoms. The first kappa shape index (κ1) is 24.2. The van der Waals surface area contributed by atoms with Gasteiger partial charge in [-0.3, -0.25) is 13.7 Å². The van der Waals surface area contributed by atoms with Crippen molar-refractivity contribution in [1.29, 1.82) is 0 Å². The maximum Gasteiger partial charge on any atom is 0.333 e. The fraction of sp³-hybridized carbons (Fsp3) is 0.333. The summed E-state index contributed by atoms with van der Waals surface area (Å²) in [4.78, 5) is 21.3. The van der Waals surface area contributed by atoms with Crippen LogP contribution < -0.4 is 10.5 Å². The van der Waals surface area contributed by atoms with Crippen LogP contribution in [-0.2, 0) is 21.0 Å². The Morgan fingerprint density at radius 2 is 2.09 bits per heavy atom. The van der Waals surface area contributed by atoms with E-state index in [1.165, 1.54) is 12.5 Å². The number of hydrogen-bond donors (Lipinski definition) is 3. The predicted octanol–water partition coefficient (Wildman–Crippen LogP) is 1.38. The molecule has 2 heterocycles. The molecule has 0 bridgehead atoms. The Balaban J connectivity index is 1.45. The highest BCUT2D eigenvalue weighted by Gasteiger charge is 2.34. The number of benzene rings is 1. The van der Waals surface area contributed by atoms with Crippen LogP contribution in [0.5, 0.6) is 0 Å². The lowest BCUT2D eigenvalue weighted by molar-refractivity contribution is 0.101. The van der Waals surface area contributed by atoms with Crippen LogP contribution in [0, 0.1) is 5.92 Å². The highest BCUT2D eigenvalue weighted by atomic mass is 35.5. The predicted molar refractivity (Wildman–Crippen MR) is 123 cm³/mol. The molecule has 1 fully saturated rings. The maximum absolute atomic E-state index is 13.1. The summed E-state index contributed by atoms with van der Waals surface area (Å²) in [6.45, 7) is 0.182. The lowest BCUT2D eigenvalue weighted by Gasteiger charge is -2.15. The van der Waals surface area contributed by atoms with Gasteiger partial charge in [0.2, 0.25) is 5.78 Å². The van der Waals surface area contributed by atoms with Crippen LogP contribution in [-0.4, -0.2) is 57.8 Å². The highest BCUT2D eigenvalue weighted by molar-refractivity contribution is 7.84. The number of anilines is 1. The fourth-order valence-electron chi connectivity index (χ4n) is 3.90. The van der Waals surface area contributed by atoms with Gasteiger partial charge in [-0.25, -0.2) is 15.1 Å². The van der Waals surface area contributed by atoms with Crippen molar-refractivity contribution >= 4 is 33.5 Å². The van der Waals surface area contributed by atoms with Gasteiger partial charge in [-0.15, -0.1) is 0 Å². The molecule has 0 radical (unpaired) electrons. The Kier molecular flexibility index (Phi) is 7.24. The quantitative estimate of drug-likeness (QED) is 0.364. The monoisotopic (exact) mass is 506 g/mol. The molecule has 13 heteroatoms. The van der Waals surface area contributed by atoms with Crippen LogP contribution in [0.4, 0.5) is 5.82 Å². The number of aliphatic hydroxyl groups excluding tert-OH is 1. The molecule has 0 saturated heterocycles. The van der Waals surface area contributed by atoms with Crippen molar-refractivity contribution in [2.45, 2.75) is 31.5 Å². The largest absolute Gasteiger partial charge is 0.393 e. The molecule has 0 amide bonds. The summed E-state index contributed by atoms with van der Waals surface area (Å²) in [5.41, 5.74) is 1.32. The molecule has 3 aromatic rings. The number of halogens is 1. The van der Waals surface area contributed by atoms with E-state index in [0.29, 0.717) is 30.2 Å². The molecule has 1 saturated carbocycles. The lowest BCUT2D eigenvalue weighted by Crippen LogP contribution is -2.24. The molecule has 1 aromatic carbocycles. The van der Waals surface area contributed by atoms with E-state index in [0.717, 1.165) is 5.56 Å². The molecule has 11 nitrogen and oxygen atoms in total. The first-order valence-corrected chi connectivity index (χ1v) is 12.3. The average molecular weight is 507 g/mol. The van der Waals surface area contributed by atoms with Gasteiger partial charge in [0.05, 0.1) is 24.8 Å². The van der Waals surface area contributed by atoms with E-state index in [1.54, 1.807) is 23.0 Å². The van der Waals surface area contributed by atoms with Gasteiger partial charge < -0.3 is 10.4 Å². The Hall–Kier alpha value is -2.90. The van der Waals surface area contributed by atoms with Crippen LogP contribution in [0.15, 0.2) is 49.1 Å². The minimum absolute atomic E-state index is 0.218. The molecule has 34 heavy (non-hydrogen) atoms. The SMILES string of the molecule is NS(=O)(=O)OC[C@H]1C[C@@H](Nc2ncncc2C(=O)c2ccn(Cc3ccccc3Cl)n2)C[C@@H]1O. The summed E-state index contributed by atoms with van der Waals surface area (Å²) in [6.07, 6.45) is 4.33. The molecule has 2 aromatic heterocycles. The van der Waals surface area contributed by atoms with Gasteiger partial charge in [0, 0.05) is 29.4 Å². The van der Waals surface area contributed by atoms with E-state index in [-0.39, 0.29) is 29.7 Å². The number of aromatic nitrogens is 4. The molecule has 1 aliphatic carbocycles. The van der Waals surface area contributed by atoms with Crippen molar-refractivity contribution < 1.29 is 22.5 Å². The number of rotatable bonds is 9. The Morgan fingerprint density at radius 3 is 2.85 bits per heavy atom. The van der Waals surface area contributed by atoms with Gasteiger partial charge in [-0.05, 0) is 30.5 Å². The third-order valence-electron chi connectivity index (χ3n) is 5.57. The average Bonchev–Trinajstić information content (AvgIpc) is 3.39. The number of nitrogens with zero attached hydrogens (tertiary/aromatic N) is 4. The second kappa shape index (κ2) is 10.2. The van der Waals surface area contributed by atoms with E-state index < -0.39 is 22.3 Å². The summed E-state index contributed by atoms with van der Waals surface area (Å²) >= 11 is 6.21. The van der Waals surface area contributed by atoms with Crippen LogP contribution in [0.1, 0.15) is 34.5 Å². The molecule has 0 unspecified atom stereocenters. The van der Waals surface area contributed by atoms with Gasteiger partial charge in [0.15, 0.2) is 0 Å². The van der Waals surface area contributed by atoms with Gasteiger partial charge >= 0.3 is 10.3 Å². The fourth-order valence-corrected chi connectivity index (χ4v) is 4.46. The Bertz CT molecular complexity index is 1280. The molecule has 1 aliphatic rings. The van der Waals surface area contributed by atoms with Crippen LogP contribution in [0.25, 0.3) is 0 Å². The van der Waals surface area contributed by atoms with Gasteiger partial charge in [-0.1, -0.05) is 29.8 Å². The number of nitrogens with one attached hydrogen (secondary N) is 1. The van der Waals surface area contributed by atoms with E-state index in [2.05, 4.69) is 24.6 Å². The first-order chi connectivity index (χ1) is 16.2. The highest BCUT2D eigenvalue weighted by Crippen LogP contribution is 2.30. The van der Waals surface area contributed by atoms with Crippen molar-refractivity contribution in [2.24, 2.45) is 11.1 Å². The van der Waals surface area contributed by atoms with Crippen LogP contribution in [0.3, 0.4) is 0 Å². The van der Waals surface area contributed by atoms with E-state index in [9.17, 15) is 18.3 Å². The Morgan fingerprint density at radius 1 is 1.29 bits per heavy atom. The topological polar surface area (TPSA) is 162 Å². The van der Waals surface area contributed by atoms with Gasteiger partial charge in [-0.2, -0.15) is 13.5 Å². The zero-order chi connectivity index (χ0) is 24.3. The number of carbonyl (C=O) groups excluding carboxylic acids is 1. The number of hydrogen-bond acceptors (Lipinski definition) is 9. The third kappa shape index (κ3) is 5.96. The zero-order valence-corrected chi connectivity index (χ0v) is 19.5. The molecule has 0 aliphatic heterocycles. The lowest BCUT2D eigenvalue weighted by atomic mass is 10.1. The van der Waals surface area contributed by atoms with Crippen molar-refractivity contribution in [2.75, 3.05) is 11.9 Å². The molecular formula is C21H23ClN6O5S. The van der Waals surface area contributed by atoms with Crippen molar-refractivity contribution in [3.63, 3.8) is 0 Å². The second-order valence-corrected chi connectivity index (χ2v) is 9.65. The first-order valence-electron chi connectivity index (χ1n) is 10.4. The zero-order valence-electron chi connectivity index (χ0n) is 17.9. The van der Waals surface area contributed by atoms with Gasteiger partial charge in [0.25, 0.3) is 0 Å². The van der Waals surface area contributed by atoms with Crippen molar-refractivity contribution in [3.05, 3.63) is 70.9 Å². The number of ketones is 1. The summed E-state index contributed by atoms with van der Waals surface area (Å²) in [5, 5.41) is 23.2. The summed E-state index contributed by atoms with van der Waals surface area (Å²) in [6, 6.07) is 8.74. The van der Waals surface area contributed by atoms with Crippen LogP contribution >= 0.6 is 11.6 Å². The van der Waals surface area contributed by atoms with E-state index in [4.69, 9.17) is 16.7 Å². The third-order valence-corrected chi connectivity index (χ3v) is 6.40. The number of nitrogens with two attached hydrogens (primary N) is 1. The molecular weight excluding hydrogens is 484 g/mol. The standard InChI is InChI=1S/C21H23ClN6O5S/c22-17-4-2-1-3-13(17)10-28-6-5-18(27-28)20(30)16-9-24-12-25-21(16)26-15-7-14(19(29)8-15)11-33-34(23,31)32/h1-6,9,12,14-15,19,29H,7-8,10-11H2,(H2,23,31,32)(H,24,25,26)/t14-,15-,19+/m1/s1. The molecule has 3 atom stereocenters. The normalized spacial score (nSPS) is 20.4. The van der Waals surface area contributed by atoms with E-state index >= 15 is 0 Å². The minimum atomic E-state index is -4.09. The van der Waals surface area contributed by atoms with Crippen molar-refractivity contribution in [3.8, 4) is 0 Å². The molecule has 4 N–H and O–H groups in total. The van der Waals surface area contributed by atoms with Gasteiger partial charge in [0.1, 0.15) is 17.8 Å². The maximum atomic E-state index is 13.1. The van der Waals surface area contributed by atoms with Crippen molar-refractivity contribution in [1.82, 2.24) is 19.7 Å². The minimum Gasteiger partial charge on any atom is -0.393 e. The van der Waals surface area contributed by atoms with Crippen LogP contribution in [0.2, 0.25) is 5.02 Å². The van der Waals surface area contributed by atoms with E-state index in [1.807, 2.05) is 18.2 Å².